The quantitative estimate of drug-likeness (QED) is 0.651. The summed E-state index contributed by atoms with van der Waals surface area (Å²) in [5.74, 6) is 0.625. The van der Waals surface area contributed by atoms with Crippen LogP contribution in [0.2, 0.25) is 0 Å². The molecule has 7 heteroatoms. The predicted molar refractivity (Wildman–Crippen MR) is 97.0 cm³/mol. The van der Waals surface area contributed by atoms with Gasteiger partial charge in [-0.25, -0.2) is 4.79 Å². The van der Waals surface area contributed by atoms with E-state index >= 15 is 0 Å². The number of ether oxygens (including phenoxy) is 2. The van der Waals surface area contributed by atoms with Crippen molar-refractivity contribution in [2.24, 2.45) is 5.92 Å². The highest BCUT2D eigenvalue weighted by Gasteiger charge is 2.55. The van der Waals surface area contributed by atoms with Gasteiger partial charge < -0.3 is 14.8 Å². The largest absolute Gasteiger partial charge is 0.490 e. The van der Waals surface area contributed by atoms with E-state index in [0.717, 1.165) is 30.6 Å². The van der Waals surface area contributed by atoms with E-state index in [0.29, 0.717) is 36.7 Å². The fourth-order valence-corrected chi connectivity index (χ4v) is 4.21. The van der Waals surface area contributed by atoms with Gasteiger partial charge in [-0.1, -0.05) is 19.8 Å². The maximum Gasteiger partial charge on any atom is 0.325 e. The summed E-state index contributed by atoms with van der Waals surface area (Å²) in [7, 11) is 0. The van der Waals surface area contributed by atoms with Crippen molar-refractivity contribution >= 4 is 17.7 Å². The minimum atomic E-state index is -0.847. The lowest BCUT2D eigenvalue weighted by molar-refractivity contribution is -0.133. The molecule has 1 saturated carbocycles. The van der Waals surface area contributed by atoms with Crippen LogP contribution in [-0.2, 0) is 4.79 Å². The van der Waals surface area contributed by atoms with Crippen LogP contribution < -0.4 is 14.8 Å². The molecule has 2 heterocycles. The third kappa shape index (κ3) is 3.05. The van der Waals surface area contributed by atoms with E-state index in [4.69, 9.17) is 9.47 Å². The Bertz CT molecular complexity index is 793. The molecule has 27 heavy (non-hydrogen) atoms. The normalized spacial score (nSPS) is 27.4. The van der Waals surface area contributed by atoms with Gasteiger partial charge in [-0.05, 0) is 37.0 Å². The molecule has 0 aromatic heterocycles. The minimum absolute atomic E-state index is 0.0702. The van der Waals surface area contributed by atoms with Crippen molar-refractivity contribution in [2.45, 2.75) is 44.6 Å². The SMILES string of the molecule is C[C@H]1CCCC[C@]12NC(=O)N(CC(=O)c1ccc3c(c1)OCCCO3)C2=O. The molecule has 1 aliphatic carbocycles. The summed E-state index contributed by atoms with van der Waals surface area (Å²) in [5.41, 5.74) is -0.446. The third-order valence-corrected chi connectivity index (χ3v) is 5.87. The van der Waals surface area contributed by atoms with Crippen LogP contribution in [0.15, 0.2) is 18.2 Å². The van der Waals surface area contributed by atoms with Crippen LogP contribution in [0.5, 0.6) is 11.5 Å². The topological polar surface area (TPSA) is 84.9 Å². The van der Waals surface area contributed by atoms with Gasteiger partial charge in [-0.15, -0.1) is 0 Å². The molecule has 0 bridgehead atoms. The molecule has 0 unspecified atom stereocenters. The molecule has 1 saturated heterocycles. The van der Waals surface area contributed by atoms with E-state index in [1.807, 2.05) is 6.92 Å². The highest BCUT2D eigenvalue weighted by Crippen LogP contribution is 2.38. The van der Waals surface area contributed by atoms with Crippen molar-refractivity contribution in [1.29, 1.82) is 0 Å². The number of imide groups is 1. The summed E-state index contributed by atoms with van der Waals surface area (Å²) in [6, 6.07) is 4.49. The smallest absolute Gasteiger partial charge is 0.325 e. The lowest BCUT2D eigenvalue weighted by Gasteiger charge is -2.36. The van der Waals surface area contributed by atoms with Crippen molar-refractivity contribution < 1.29 is 23.9 Å². The van der Waals surface area contributed by atoms with Crippen molar-refractivity contribution in [3.8, 4) is 11.5 Å². The van der Waals surface area contributed by atoms with Crippen LogP contribution in [0.3, 0.4) is 0 Å². The van der Waals surface area contributed by atoms with Crippen molar-refractivity contribution in [3.05, 3.63) is 23.8 Å². The number of nitrogens with one attached hydrogen (secondary N) is 1. The molecular weight excluding hydrogens is 348 g/mol. The first kappa shape index (κ1) is 17.8. The van der Waals surface area contributed by atoms with Crippen LogP contribution in [0, 0.1) is 5.92 Å². The first-order valence-corrected chi connectivity index (χ1v) is 9.58. The first-order chi connectivity index (χ1) is 13.0. The number of fused-ring (bicyclic) bond motifs is 1. The molecule has 2 aliphatic heterocycles. The number of ketones is 1. The van der Waals surface area contributed by atoms with Gasteiger partial charge in [0, 0.05) is 12.0 Å². The molecule has 1 aromatic carbocycles. The van der Waals surface area contributed by atoms with E-state index in [2.05, 4.69) is 5.32 Å². The summed E-state index contributed by atoms with van der Waals surface area (Å²) in [6.07, 6.45) is 4.27. The van der Waals surface area contributed by atoms with Gasteiger partial charge in [-0.3, -0.25) is 14.5 Å². The van der Waals surface area contributed by atoms with Crippen molar-refractivity contribution in [2.75, 3.05) is 19.8 Å². The first-order valence-electron chi connectivity index (χ1n) is 9.58. The lowest BCUT2D eigenvalue weighted by Crippen LogP contribution is -2.54. The highest BCUT2D eigenvalue weighted by atomic mass is 16.5. The number of Topliss-reactive ketones (excluding diaryl/α,β-unsaturated/α-hetero) is 1. The Kier molecular flexibility index (Phi) is 4.53. The molecule has 1 spiro atoms. The van der Waals surface area contributed by atoms with Gasteiger partial charge in [0.2, 0.25) is 0 Å². The number of benzene rings is 1. The lowest BCUT2D eigenvalue weighted by atomic mass is 9.73. The van der Waals surface area contributed by atoms with Gasteiger partial charge in [0.05, 0.1) is 19.8 Å². The molecule has 2 atom stereocenters. The monoisotopic (exact) mass is 372 g/mol. The van der Waals surface area contributed by atoms with Crippen molar-refractivity contribution in [1.82, 2.24) is 10.2 Å². The number of urea groups is 1. The second-order valence-corrected chi connectivity index (χ2v) is 7.57. The Labute approximate surface area is 158 Å². The zero-order valence-electron chi connectivity index (χ0n) is 15.5. The molecule has 0 radical (unpaired) electrons. The zero-order valence-corrected chi connectivity index (χ0v) is 15.5. The van der Waals surface area contributed by atoms with E-state index in [1.165, 1.54) is 0 Å². The second kappa shape index (κ2) is 6.87. The molecule has 1 N–H and O–H groups in total. The summed E-state index contributed by atoms with van der Waals surface area (Å²) in [5, 5.41) is 2.87. The minimum Gasteiger partial charge on any atom is -0.490 e. The van der Waals surface area contributed by atoms with E-state index < -0.39 is 11.6 Å². The van der Waals surface area contributed by atoms with Crippen LogP contribution in [0.25, 0.3) is 0 Å². The van der Waals surface area contributed by atoms with Gasteiger partial charge >= 0.3 is 6.03 Å². The number of rotatable bonds is 3. The molecule has 144 valence electrons. The number of carbonyl (C=O) groups excluding carboxylic acids is 3. The van der Waals surface area contributed by atoms with Gasteiger partial charge in [0.1, 0.15) is 5.54 Å². The Balaban J connectivity index is 1.52. The molecule has 7 nitrogen and oxygen atoms in total. The Morgan fingerprint density at radius 3 is 2.74 bits per heavy atom. The standard InChI is InChI=1S/C20H24N2O5/c1-13-5-2-3-8-20(13)18(24)22(19(25)21-20)12-15(23)14-6-7-16-17(11-14)27-10-4-9-26-16/h6-7,11,13H,2-5,8-10,12H2,1H3,(H,21,25)/t13-,20-/m0/s1. The summed E-state index contributed by atoms with van der Waals surface area (Å²) in [4.78, 5) is 39.2. The maximum atomic E-state index is 13.0. The molecule has 4 rings (SSSR count). The number of amides is 3. The van der Waals surface area contributed by atoms with E-state index in [9.17, 15) is 14.4 Å². The van der Waals surface area contributed by atoms with Crippen LogP contribution in [0.1, 0.15) is 49.4 Å². The molecular formula is C20H24N2O5. The number of nitrogens with zero attached hydrogens (tertiary/aromatic N) is 1. The van der Waals surface area contributed by atoms with Crippen molar-refractivity contribution in [3.63, 3.8) is 0 Å². The van der Waals surface area contributed by atoms with Crippen LogP contribution >= 0.6 is 0 Å². The summed E-state index contributed by atoms with van der Waals surface area (Å²) >= 11 is 0. The van der Waals surface area contributed by atoms with E-state index in [-0.39, 0.29) is 24.2 Å². The van der Waals surface area contributed by atoms with E-state index in [1.54, 1.807) is 18.2 Å². The fraction of sp³-hybridized carbons (Fsp3) is 0.550. The Morgan fingerprint density at radius 2 is 1.96 bits per heavy atom. The Morgan fingerprint density at radius 1 is 1.19 bits per heavy atom. The average Bonchev–Trinajstić information content (AvgIpc) is 2.83. The number of hydrogen-bond acceptors (Lipinski definition) is 5. The highest BCUT2D eigenvalue weighted by molar-refractivity contribution is 6.11. The van der Waals surface area contributed by atoms with Gasteiger partial charge in [-0.2, -0.15) is 0 Å². The third-order valence-electron chi connectivity index (χ3n) is 5.87. The predicted octanol–water partition coefficient (Wildman–Crippen LogP) is 2.53. The maximum absolute atomic E-state index is 13.0. The van der Waals surface area contributed by atoms with Gasteiger partial charge in [0.15, 0.2) is 17.3 Å². The molecule has 3 aliphatic rings. The molecule has 1 aromatic rings. The second-order valence-electron chi connectivity index (χ2n) is 7.57. The zero-order chi connectivity index (χ0) is 19.0. The fourth-order valence-electron chi connectivity index (χ4n) is 4.21. The van der Waals surface area contributed by atoms with Crippen LogP contribution in [-0.4, -0.2) is 47.9 Å². The summed E-state index contributed by atoms with van der Waals surface area (Å²) in [6.45, 7) is 2.83. The Hall–Kier alpha value is -2.57. The number of carbonyl (C=O) groups is 3. The molecule has 2 fully saturated rings. The average molecular weight is 372 g/mol. The number of hydrogen-bond donors (Lipinski definition) is 1. The molecule has 3 amide bonds. The van der Waals surface area contributed by atoms with Crippen LogP contribution in [0.4, 0.5) is 4.79 Å². The van der Waals surface area contributed by atoms with Gasteiger partial charge in [0.25, 0.3) is 5.91 Å². The summed E-state index contributed by atoms with van der Waals surface area (Å²) < 4.78 is 11.2.